The molecule has 3 heteroatoms. The molecule has 2 aromatic rings. The lowest BCUT2D eigenvalue weighted by atomic mass is 10.2. The summed E-state index contributed by atoms with van der Waals surface area (Å²) in [7, 11) is 3.89. The minimum Gasteiger partial charge on any atom is -0.457 e. The minimum atomic E-state index is -0.0739. The van der Waals surface area contributed by atoms with E-state index >= 15 is 0 Å². The Kier molecular flexibility index (Phi) is 5.55. The van der Waals surface area contributed by atoms with E-state index in [0.717, 1.165) is 5.56 Å². The predicted molar refractivity (Wildman–Crippen MR) is 92.2 cm³/mol. The summed E-state index contributed by atoms with van der Waals surface area (Å²) in [5.41, 5.74) is 0.982. The average Bonchev–Trinajstić information content (AvgIpc) is 2.50. The molecule has 0 saturated carbocycles. The molecule has 22 heavy (non-hydrogen) atoms. The lowest BCUT2D eigenvalue weighted by molar-refractivity contribution is 0.528. The van der Waals surface area contributed by atoms with E-state index in [0.29, 0.717) is 11.5 Å². The van der Waals surface area contributed by atoms with E-state index in [1.54, 1.807) is 12.2 Å². The molecule has 0 N–H and O–H groups in total. The van der Waals surface area contributed by atoms with Gasteiger partial charge in [0.15, 0.2) is 5.43 Å². The fraction of sp³-hybridized carbons (Fsp3) is 0.105. The third-order valence-corrected chi connectivity index (χ3v) is 2.80. The molecule has 0 fully saturated rings. The lowest BCUT2D eigenvalue weighted by Gasteiger charge is -2.00. The van der Waals surface area contributed by atoms with Crippen LogP contribution < -0.4 is 5.43 Å². The number of nitrogens with zero attached hydrogens (tertiary/aromatic N) is 1. The zero-order valence-corrected chi connectivity index (χ0v) is 12.8. The monoisotopic (exact) mass is 293 g/mol. The molecule has 0 atom stereocenters. The van der Waals surface area contributed by atoms with Gasteiger partial charge >= 0.3 is 0 Å². The maximum absolute atomic E-state index is 11.7. The fourth-order valence-electron chi connectivity index (χ4n) is 1.80. The summed E-state index contributed by atoms with van der Waals surface area (Å²) in [6.07, 6.45) is 11.1. The van der Waals surface area contributed by atoms with Gasteiger partial charge in [-0.2, -0.15) is 0 Å². The summed E-state index contributed by atoms with van der Waals surface area (Å²) in [4.78, 5) is 13.6. The van der Waals surface area contributed by atoms with Crippen LogP contribution in [0.25, 0.3) is 18.2 Å². The molecule has 112 valence electrons. The largest absolute Gasteiger partial charge is 0.457 e. The van der Waals surface area contributed by atoms with Crippen LogP contribution >= 0.6 is 0 Å². The molecule has 0 spiro atoms. The lowest BCUT2D eigenvalue weighted by Crippen LogP contribution is -1.99. The quantitative estimate of drug-likeness (QED) is 0.784. The Morgan fingerprint density at radius 2 is 1.59 bits per heavy atom. The molecule has 2 rings (SSSR count). The summed E-state index contributed by atoms with van der Waals surface area (Å²) in [6, 6.07) is 12.8. The van der Waals surface area contributed by atoms with E-state index in [4.69, 9.17) is 4.42 Å². The molecule has 1 heterocycles. The first-order valence-corrected chi connectivity index (χ1v) is 7.03. The zero-order chi connectivity index (χ0) is 15.8. The smallest absolute Gasteiger partial charge is 0.186 e. The molecule has 1 aromatic heterocycles. The fourth-order valence-corrected chi connectivity index (χ4v) is 1.80. The van der Waals surface area contributed by atoms with E-state index in [2.05, 4.69) is 0 Å². The van der Waals surface area contributed by atoms with Gasteiger partial charge < -0.3 is 9.32 Å². The molecule has 0 bridgehead atoms. The van der Waals surface area contributed by atoms with Crippen molar-refractivity contribution in [1.82, 2.24) is 4.90 Å². The first-order chi connectivity index (χ1) is 10.6. The third kappa shape index (κ3) is 5.29. The first kappa shape index (κ1) is 15.6. The first-order valence-electron chi connectivity index (χ1n) is 7.03. The van der Waals surface area contributed by atoms with Crippen LogP contribution in [0.1, 0.15) is 17.1 Å². The van der Waals surface area contributed by atoms with E-state index < -0.39 is 0 Å². The Labute approximate surface area is 130 Å². The molecule has 0 aliphatic heterocycles. The van der Waals surface area contributed by atoms with Crippen molar-refractivity contribution in [2.75, 3.05) is 14.1 Å². The van der Waals surface area contributed by atoms with Gasteiger partial charge in [-0.3, -0.25) is 4.79 Å². The van der Waals surface area contributed by atoms with Gasteiger partial charge in [0.1, 0.15) is 11.5 Å². The highest BCUT2D eigenvalue weighted by Crippen LogP contribution is 2.09. The van der Waals surface area contributed by atoms with Crippen LogP contribution in [0.4, 0.5) is 0 Å². The van der Waals surface area contributed by atoms with Gasteiger partial charge in [-0.15, -0.1) is 0 Å². The predicted octanol–water partition coefficient (Wildman–Crippen LogP) is 3.90. The Morgan fingerprint density at radius 1 is 0.909 bits per heavy atom. The second-order valence-corrected chi connectivity index (χ2v) is 5.01. The summed E-state index contributed by atoms with van der Waals surface area (Å²) >= 11 is 0. The summed E-state index contributed by atoms with van der Waals surface area (Å²) in [6.45, 7) is 0. The number of rotatable bonds is 5. The molecular formula is C19H19NO2. The zero-order valence-electron chi connectivity index (χ0n) is 12.8. The highest BCUT2D eigenvalue weighted by molar-refractivity contribution is 5.67. The van der Waals surface area contributed by atoms with E-state index in [1.165, 1.54) is 12.1 Å². The second kappa shape index (κ2) is 7.84. The van der Waals surface area contributed by atoms with Crippen LogP contribution in [0, 0.1) is 0 Å². The van der Waals surface area contributed by atoms with Gasteiger partial charge in [-0.1, -0.05) is 42.5 Å². The van der Waals surface area contributed by atoms with Gasteiger partial charge in [0, 0.05) is 26.2 Å². The van der Waals surface area contributed by atoms with Gasteiger partial charge in [0.2, 0.25) is 0 Å². The average molecular weight is 293 g/mol. The number of hydrogen-bond acceptors (Lipinski definition) is 3. The summed E-state index contributed by atoms with van der Waals surface area (Å²) in [5.74, 6) is 1.07. The maximum Gasteiger partial charge on any atom is 0.186 e. The number of hydrogen-bond donors (Lipinski definition) is 0. The normalized spacial score (nSPS) is 11.7. The molecule has 0 aliphatic rings. The third-order valence-electron chi connectivity index (χ3n) is 2.80. The van der Waals surface area contributed by atoms with Crippen molar-refractivity contribution >= 4 is 18.2 Å². The van der Waals surface area contributed by atoms with Crippen LogP contribution in [-0.2, 0) is 0 Å². The molecular weight excluding hydrogens is 274 g/mol. The van der Waals surface area contributed by atoms with Crippen LogP contribution in [0.5, 0.6) is 0 Å². The second-order valence-electron chi connectivity index (χ2n) is 5.01. The van der Waals surface area contributed by atoms with Crippen LogP contribution in [0.3, 0.4) is 0 Å². The molecule has 0 amide bonds. The van der Waals surface area contributed by atoms with E-state index in [1.807, 2.05) is 73.8 Å². The molecule has 0 saturated heterocycles. The maximum atomic E-state index is 11.7. The van der Waals surface area contributed by atoms with Crippen molar-refractivity contribution in [3.05, 3.63) is 88.1 Å². The highest BCUT2D eigenvalue weighted by atomic mass is 16.3. The van der Waals surface area contributed by atoms with Gasteiger partial charge in [-0.05, 0) is 30.0 Å². The minimum absolute atomic E-state index is 0.0739. The SMILES string of the molecule is CN(C)/C=C/C=C/c1cc(=O)cc(/C=C/c2ccccc2)o1. The molecule has 0 aliphatic carbocycles. The summed E-state index contributed by atoms with van der Waals surface area (Å²) < 4.78 is 5.67. The van der Waals surface area contributed by atoms with Crippen molar-refractivity contribution in [3.8, 4) is 0 Å². The van der Waals surface area contributed by atoms with Crippen LogP contribution in [0.2, 0.25) is 0 Å². The summed E-state index contributed by atoms with van der Waals surface area (Å²) in [5, 5.41) is 0. The van der Waals surface area contributed by atoms with Crippen molar-refractivity contribution < 1.29 is 4.42 Å². The Balaban J connectivity index is 2.17. The topological polar surface area (TPSA) is 33.5 Å². The van der Waals surface area contributed by atoms with Gasteiger partial charge in [0.25, 0.3) is 0 Å². The van der Waals surface area contributed by atoms with Crippen LogP contribution in [-0.4, -0.2) is 19.0 Å². The molecule has 3 nitrogen and oxygen atoms in total. The van der Waals surface area contributed by atoms with Gasteiger partial charge in [0.05, 0.1) is 0 Å². The Morgan fingerprint density at radius 3 is 2.27 bits per heavy atom. The van der Waals surface area contributed by atoms with Crippen molar-refractivity contribution in [2.45, 2.75) is 0 Å². The number of benzene rings is 1. The Hall–Kier alpha value is -2.81. The van der Waals surface area contributed by atoms with Crippen molar-refractivity contribution in [2.24, 2.45) is 0 Å². The highest BCUT2D eigenvalue weighted by Gasteiger charge is 1.96. The Bertz CT molecular complexity index is 738. The van der Waals surface area contributed by atoms with Crippen LogP contribution in [0.15, 0.2) is 70.0 Å². The molecule has 0 unspecified atom stereocenters. The molecule has 1 aromatic carbocycles. The standard InChI is InChI=1S/C19H19NO2/c1-20(2)13-7-6-10-18-14-17(21)15-19(22-18)12-11-16-8-4-3-5-9-16/h3-15H,1-2H3/b10-6+,12-11+,13-7+. The van der Waals surface area contributed by atoms with E-state index in [9.17, 15) is 4.79 Å². The van der Waals surface area contributed by atoms with E-state index in [-0.39, 0.29) is 5.43 Å². The molecule has 0 radical (unpaired) electrons. The number of allylic oxidation sites excluding steroid dienone is 2. The van der Waals surface area contributed by atoms with Crippen molar-refractivity contribution in [3.63, 3.8) is 0 Å². The van der Waals surface area contributed by atoms with Gasteiger partial charge in [-0.25, -0.2) is 0 Å². The van der Waals surface area contributed by atoms with Crippen molar-refractivity contribution in [1.29, 1.82) is 0 Å².